The maximum Gasteiger partial charge on any atom is 0.0635 e. The fourth-order valence-electron chi connectivity index (χ4n) is 1.08. The van der Waals surface area contributed by atoms with Gasteiger partial charge in [-0.3, -0.25) is 4.90 Å². The monoisotopic (exact) mass is 232 g/mol. The number of nitriles is 1. The zero-order valence-corrected chi connectivity index (χ0v) is 9.47. The molecule has 0 aliphatic rings. The highest BCUT2D eigenvalue weighted by molar-refractivity contribution is 9.09. The summed E-state index contributed by atoms with van der Waals surface area (Å²) in [5, 5.41) is 9.48. The molecule has 0 aromatic rings. The summed E-state index contributed by atoms with van der Waals surface area (Å²) in [4.78, 5) is 2.34. The summed E-state index contributed by atoms with van der Waals surface area (Å²) >= 11 is 3.40. The van der Waals surface area contributed by atoms with E-state index in [1.54, 1.807) is 0 Å². The molecule has 0 rings (SSSR count). The average Bonchev–Trinajstić information content (AvgIpc) is 2.04. The van der Waals surface area contributed by atoms with E-state index < -0.39 is 0 Å². The van der Waals surface area contributed by atoms with Crippen LogP contribution in [0, 0.1) is 11.3 Å². The second-order valence-electron chi connectivity index (χ2n) is 3.08. The lowest BCUT2D eigenvalue weighted by Gasteiger charge is -2.24. The van der Waals surface area contributed by atoms with Crippen molar-refractivity contribution in [3.63, 3.8) is 0 Å². The van der Waals surface area contributed by atoms with Crippen LogP contribution < -0.4 is 0 Å². The number of hydrogen-bond acceptors (Lipinski definition) is 2. The highest BCUT2D eigenvalue weighted by Gasteiger charge is 2.07. The van der Waals surface area contributed by atoms with Crippen molar-refractivity contribution in [2.24, 2.45) is 0 Å². The molecule has 0 saturated carbocycles. The van der Waals surface area contributed by atoms with Crippen molar-refractivity contribution in [3.8, 4) is 6.07 Å². The first-order valence-electron chi connectivity index (χ1n) is 4.39. The van der Waals surface area contributed by atoms with E-state index in [0.29, 0.717) is 12.5 Å². The molecule has 0 N–H and O–H groups in total. The molecule has 0 atom stereocenters. The van der Waals surface area contributed by atoms with Gasteiger partial charge in [0.05, 0.1) is 6.07 Å². The second kappa shape index (κ2) is 7.57. The molecule has 70 valence electrons. The van der Waals surface area contributed by atoms with Crippen molar-refractivity contribution in [3.05, 3.63) is 0 Å². The van der Waals surface area contributed by atoms with Crippen LogP contribution in [0.15, 0.2) is 0 Å². The van der Waals surface area contributed by atoms with Gasteiger partial charge in [0.2, 0.25) is 0 Å². The van der Waals surface area contributed by atoms with Crippen LogP contribution in [-0.4, -0.2) is 29.4 Å². The van der Waals surface area contributed by atoms with Gasteiger partial charge in [-0.15, -0.1) is 0 Å². The van der Waals surface area contributed by atoms with E-state index >= 15 is 0 Å². The smallest absolute Gasteiger partial charge is 0.0635 e. The predicted molar refractivity (Wildman–Crippen MR) is 55.4 cm³/mol. The van der Waals surface area contributed by atoms with Crippen LogP contribution in [0.4, 0.5) is 0 Å². The third-order valence-corrected chi connectivity index (χ3v) is 2.38. The first-order chi connectivity index (χ1) is 5.72. The van der Waals surface area contributed by atoms with E-state index in [1.165, 1.54) is 0 Å². The van der Waals surface area contributed by atoms with Crippen LogP contribution in [0.5, 0.6) is 0 Å². The fraction of sp³-hybridized carbons (Fsp3) is 0.889. The van der Waals surface area contributed by atoms with Gasteiger partial charge in [-0.2, -0.15) is 5.26 Å². The van der Waals surface area contributed by atoms with Gasteiger partial charge in [0.15, 0.2) is 0 Å². The Morgan fingerprint density at radius 2 is 2.08 bits per heavy atom. The zero-order valence-electron chi connectivity index (χ0n) is 7.89. The Kier molecular flexibility index (Phi) is 7.53. The molecular weight excluding hydrogens is 216 g/mol. The van der Waals surface area contributed by atoms with Gasteiger partial charge >= 0.3 is 0 Å². The van der Waals surface area contributed by atoms with Gasteiger partial charge in [-0.25, -0.2) is 0 Å². The van der Waals surface area contributed by atoms with Crippen molar-refractivity contribution >= 4 is 15.9 Å². The number of hydrogen-bond donors (Lipinski definition) is 0. The van der Waals surface area contributed by atoms with E-state index in [-0.39, 0.29) is 0 Å². The first-order valence-corrected chi connectivity index (χ1v) is 5.51. The Labute approximate surface area is 83.7 Å². The first kappa shape index (κ1) is 11.9. The molecule has 0 aromatic heterocycles. The summed E-state index contributed by atoms with van der Waals surface area (Å²) in [6, 6.07) is 2.73. The van der Waals surface area contributed by atoms with Crippen LogP contribution in [0.1, 0.15) is 26.7 Å². The van der Waals surface area contributed by atoms with E-state index in [1.807, 2.05) is 0 Å². The maximum atomic E-state index is 8.44. The molecule has 0 aliphatic carbocycles. The Morgan fingerprint density at radius 1 is 1.42 bits per heavy atom. The lowest BCUT2D eigenvalue weighted by atomic mass is 10.2. The average molecular weight is 233 g/mol. The summed E-state index contributed by atoms with van der Waals surface area (Å²) in [6.07, 6.45) is 1.80. The molecule has 3 heteroatoms. The minimum atomic E-state index is 0.553. The van der Waals surface area contributed by atoms with Crippen LogP contribution in [-0.2, 0) is 0 Å². The largest absolute Gasteiger partial charge is 0.300 e. The Morgan fingerprint density at radius 3 is 2.50 bits per heavy atom. The molecule has 0 saturated heterocycles. The standard InChI is InChI=1S/C9H17BrN2/c1-9(2)12(7-3-5-10)8-4-6-11/h9H,3-5,7-8H2,1-2H3. The maximum absolute atomic E-state index is 8.44. The summed E-state index contributed by atoms with van der Waals surface area (Å²) in [5.74, 6) is 0. The highest BCUT2D eigenvalue weighted by Crippen LogP contribution is 2.01. The quantitative estimate of drug-likeness (QED) is 0.658. The number of alkyl halides is 1. The molecule has 0 fully saturated rings. The summed E-state index contributed by atoms with van der Waals surface area (Å²) in [7, 11) is 0. The third kappa shape index (κ3) is 5.56. The topological polar surface area (TPSA) is 27.0 Å². The minimum Gasteiger partial charge on any atom is -0.300 e. The lowest BCUT2D eigenvalue weighted by Crippen LogP contribution is -2.32. The second-order valence-corrected chi connectivity index (χ2v) is 3.87. The predicted octanol–water partition coefficient (Wildman–Crippen LogP) is 2.40. The molecule has 0 spiro atoms. The molecule has 0 amide bonds. The molecule has 0 radical (unpaired) electrons. The summed E-state index contributed by atoms with van der Waals surface area (Å²) < 4.78 is 0. The summed E-state index contributed by atoms with van der Waals surface area (Å²) in [5.41, 5.74) is 0. The van der Waals surface area contributed by atoms with E-state index in [9.17, 15) is 0 Å². The van der Waals surface area contributed by atoms with Crippen molar-refractivity contribution in [1.82, 2.24) is 4.90 Å². The van der Waals surface area contributed by atoms with Gasteiger partial charge in [0.1, 0.15) is 0 Å². The molecular formula is C9H17BrN2. The van der Waals surface area contributed by atoms with Gasteiger partial charge in [0.25, 0.3) is 0 Å². The molecule has 0 bridgehead atoms. The Balaban J connectivity index is 3.64. The third-order valence-electron chi connectivity index (χ3n) is 1.82. The molecule has 2 nitrogen and oxygen atoms in total. The van der Waals surface area contributed by atoms with Crippen LogP contribution in [0.3, 0.4) is 0 Å². The van der Waals surface area contributed by atoms with Crippen LogP contribution in [0.2, 0.25) is 0 Å². The van der Waals surface area contributed by atoms with E-state index in [2.05, 4.69) is 40.7 Å². The lowest BCUT2D eigenvalue weighted by molar-refractivity contribution is 0.228. The van der Waals surface area contributed by atoms with Crippen molar-refractivity contribution < 1.29 is 0 Å². The normalized spacial score (nSPS) is 10.7. The van der Waals surface area contributed by atoms with Crippen molar-refractivity contribution in [2.45, 2.75) is 32.7 Å². The van der Waals surface area contributed by atoms with Gasteiger partial charge in [-0.1, -0.05) is 15.9 Å². The van der Waals surface area contributed by atoms with Crippen LogP contribution >= 0.6 is 15.9 Å². The SMILES string of the molecule is CC(C)N(CCC#N)CCCBr. The van der Waals surface area contributed by atoms with Crippen molar-refractivity contribution in [1.29, 1.82) is 5.26 Å². The zero-order chi connectivity index (χ0) is 9.40. The highest BCUT2D eigenvalue weighted by atomic mass is 79.9. The van der Waals surface area contributed by atoms with Gasteiger partial charge < -0.3 is 0 Å². The van der Waals surface area contributed by atoms with Gasteiger partial charge in [-0.05, 0) is 26.8 Å². The molecule has 12 heavy (non-hydrogen) atoms. The minimum absolute atomic E-state index is 0.553. The van der Waals surface area contributed by atoms with Gasteiger partial charge in [0, 0.05) is 24.3 Å². The summed E-state index contributed by atoms with van der Waals surface area (Å²) in [6.45, 7) is 6.34. The number of nitrogens with zero attached hydrogens (tertiary/aromatic N) is 2. The molecule has 0 aromatic carbocycles. The molecule has 0 heterocycles. The Bertz CT molecular complexity index is 140. The fourth-order valence-corrected chi connectivity index (χ4v) is 1.34. The molecule has 0 unspecified atom stereocenters. The van der Waals surface area contributed by atoms with Crippen molar-refractivity contribution in [2.75, 3.05) is 18.4 Å². The van der Waals surface area contributed by atoms with Crippen LogP contribution in [0.25, 0.3) is 0 Å². The number of halogens is 1. The van der Waals surface area contributed by atoms with E-state index in [0.717, 1.165) is 24.8 Å². The Hall–Kier alpha value is -0.0700. The molecule has 0 aliphatic heterocycles. The van der Waals surface area contributed by atoms with E-state index in [4.69, 9.17) is 5.26 Å². The number of rotatable bonds is 6.